The minimum absolute atomic E-state index is 0.0697. The van der Waals surface area contributed by atoms with Crippen LogP contribution in [0.4, 0.5) is 5.69 Å². The molecule has 1 aromatic carbocycles. The molecule has 0 bridgehead atoms. The van der Waals surface area contributed by atoms with Crippen LogP contribution >= 0.6 is 0 Å². The Morgan fingerprint density at radius 3 is 2.15 bits per heavy atom. The number of nitrogens with one attached hydrogen (secondary N) is 1. The largest absolute Gasteiger partial charge is 0.504 e. The Morgan fingerprint density at radius 2 is 1.70 bits per heavy atom. The maximum Gasteiger partial charge on any atom is 0.245 e. The lowest BCUT2D eigenvalue weighted by molar-refractivity contribution is -0.114. The average molecular weight is 302 g/mol. The second-order valence-corrected chi connectivity index (χ2v) is 6.01. The number of rotatable bonds is 5. The van der Waals surface area contributed by atoms with Crippen molar-refractivity contribution in [1.82, 2.24) is 4.31 Å². The summed E-state index contributed by atoms with van der Waals surface area (Å²) in [5, 5.41) is 21.3. The van der Waals surface area contributed by atoms with E-state index in [1.807, 2.05) is 0 Å². The number of phenolic OH excluding ortho intramolecular Hbond substituents is 2. The van der Waals surface area contributed by atoms with E-state index in [1.165, 1.54) is 11.2 Å². The molecule has 0 radical (unpaired) electrons. The van der Waals surface area contributed by atoms with Gasteiger partial charge < -0.3 is 15.5 Å². The molecule has 0 unspecified atom stereocenters. The Morgan fingerprint density at radius 1 is 1.20 bits per heavy atom. The topological polar surface area (TPSA) is 107 Å². The summed E-state index contributed by atoms with van der Waals surface area (Å²) in [6, 6.07) is 1.93. The summed E-state index contributed by atoms with van der Waals surface area (Å²) >= 11 is 0. The lowest BCUT2D eigenvalue weighted by Gasteiger charge is -2.20. The van der Waals surface area contributed by atoms with Gasteiger partial charge in [0.1, 0.15) is 4.90 Å². The maximum atomic E-state index is 12.4. The molecule has 112 valence electrons. The fourth-order valence-electron chi connectivity index (χ4n) is 1.76. The van der Waals surface area contributed by atoms with Crippen LogP contribution in [0, 0.1) is 0 Å². The van der Waals surface area contributed by atoms with Crippen molar-refractivity contribution < 1.29 is 23.4 Å². The predicted molar refractivity (Wildman–Crippen MR) is 74.2 cm³/mol. The van der Waals surface area contributed by atoms with Crippen molar-refractivity contribution in [3.8, 4) is 11.5 Å². The van der Waals surface area contributed by atoms with E-state index >= 15 is 0 Å². The van der Waals surface area contributed by atoms with Gasteiger partial charge in [-0.15, -0.1) is 0 Å². The monoisotopic (exact) mass is 302 g/mol. The summed E-state index contributed by atoms with van der Waals surface area (Å²) in [6.45, 7) is 5.08. The van der Waals surface area contributed by atoms with Gasteiger partial charge in [0.05, 0.1) is 5.69 Å². The van der Waals surface area contributed by atoms with Gasteiger partial charge in [-0.05, 0) is 0 Å². The normalized spacial score (nSPS) is 11.6. The van der Waals surface area contributed by atoms with Gasteiger partial charge in [-0.1, -0.05) is 13.8 Å². The van der Waals surface area contributed by atoms with E-state index in [-0.39, 0.29) is 23.7 Å². The Bertz CT molecular complexity index is 609. The Hall–Kier alpha value is -1.80. The number of hydrogen-bond donors (Lipinski definition) is 3. The van der Waals surface area contributed by atoms with E-state index in [0.717, 1.165) is 12.1 Å². The van der Waals surface area contributed by atoms with Crippen LogP contribution in [0.5, 0.6) is 11.5 Å². The molecule has 0 fully saturated rings. The average Bonchev–Trinajstić information content (AvgIpc) is 2.33. The molecule has 0 aliphatic carbocycles. The molecule has 0 saturated carbocycles. The fraction of sp³-hybridized carbons (Fsp3) is 0.417. The van der Waals surface area contributed by atoms with Crippen LogP contribution in [0.1, 0.15) is 20.8 Å². The molecule has 0 saturated heterocycles. The van der Waals surface area contributed by atoms with E-state index < -0.39 is 27.4 Å². The van der Waals surface area contributed by atoms with Gasteiger partial charge in [0.2, 0.25) is 15.9 Å². The molecule has 8 heteroatoms. The van der Waals surface area contributed by atoms with Gasteiger partial charge in [-0.2, -0.15) is 4.31 Å². The zero-order valence-electron chi connectivity index (χ0n) is 11.5. The van der Waals surface area contributed by atoms with Crippen molar-refractivity contribution in [3.63, 3.8) is 0 Å². The fourth-order valence-corrected chi connectivity index (χ4v) is 3.37. The first kappa shape index (κ1) is 16.3. The summed E-state index contributed by atoms with van der Waals surface area (Å²) in [5.41, 5.74) is -0.0697. The summed E-state index contributed by atoms with van der Waals surface area (Å²) in [5.74, 6) is -1.55. The smallest absolute Gasteiger partial charge is 0.245 e. The van der Waals surface area contributed by atoms with Crippen LogP contribution < -0.4 is 5.32 Å². The molecule has 0 aliphatic heterocycles. The number of benzene rings is 1. The van der Waals surface area contributed by atoms with E-state index in [9.17, 15) is 23.4 Å². The molecular weight excluding hydrogens is 284 g/mol. The Kier molecular flexibility index (Phi) is 4.96. The highest BCUT2D eigenvalue weighted by molar-refractivity contribution is 7.89. The number of nitrogens with zero attached hydrogens (tertiary/aromatic N) is 1. The van der Waals surface area contributed by atoms with Crippen LogP contribution in [-0.4, -0.2) is 41.9 Å². The molecular formula is C12H18N2O5S. The summed E-state index contributed by atoms with van der Waals surface area (Å²) in [4.78, 5) is 10.9. The van der Waals surface area contributed by atoms with Crippen molar-refractivity contribution in [2.24, 2.45) is 0 Å². The molecule has 0 spiro atoms. The third-order valence-electron chi connectivity index (χ3n) is 2.71. The lowest BCUT2D eigenvalue weighted by Crippen LogP contribution is -2.31. The lowest BCUT2D eigenvalue weighted by atomic mass is 10.2. The third kappa shape index (κ3) is 3.20. The first-order valence-electron chi connectivity index (χ1n) is 6.07. The highest BCUT2D eigenvalue weighted by Gasteiger charge is 2.26. The number of carbonyl (C=O) groups excluding carboxylic acids is 1. The van der Waals surface area contributed by atoms with Gasteiger partial charge in [0, 0.05) is 32.1 Å². The Balaban J connectivity index is 3.49. The highest BCUT2D eigenvalue weighted by Crippen LogP contribution is 2.35. The number of phenols is 2. The molecule has 1 aromatic rings. The number of sulfonamides is 1. The van der Waals surface area contributed by atoms with Crippen LogP contribution in [0.2, 0.25) is 0 Å². The Labute approximate surface area is 117 Å². The third-order valence-corrected chi connectivity index (χ3v) is 4.80. The van der Waals surface area contributed by atoms with Crippen LogP contribution in [0.3, 0.4) is 0 Å². The molecule has 7 nitrogen and oxygen atoms in total. The van der Waals surface area contributed by atoms with Gasteiger partial charge in [0.25, 0.3) is 0 Å². The van der Waals surface area contributed by atoms with Gasteiger partial charge in [-0.3, -0.25) is 4.79 Å². The zero-order valence-corrected chi connectivity index (χ0v) is 12.4. The molecule has 3 N–H and O–H groups in total. The molecule has 0 heterocycles. The second-order valence-electron chi connectivity index (χ2n) is 4.11. The molecule has 0 aromatic heterocycles. The minimum Gasteiger partial charge on any atom is -0.504 e. The number of aromatic hydroxyl groups is 2. The van der Waals surface area contributed by atoms with Crippen LogP contribution in [0.25, 0.3) is 0 Å². The predicted octanol–water partition coefficient (Wildman–Crippen LogP) is 1.09. The van der Waals surface area contributed by atoms with Gasteiger partial charge in [0.15, 0.2) is 11.5 Å². The number of hydrogen-bond acceptors (Lipinski definition) is 5. The van der Waals surface area contributed by atoms with Crippen LogP contribution in [0.15, 0.2) is 17.0 Å². The molecule has 0 atom stereocenters. The molecule has 1 amide bonds. The molecule has 1 rings (SSSR count). The first-order valence-corrected chi connectivity index (χ1v) is 7.51. The SMILES string of the molecule is CCN(CC)S(=O)(=O)c1cc(O)c(O)cc1NC(C)=O. The number of amides is 1. The molecule has 20 heavy (non-hydrogen) atoms. The zero-order chi connectivity index (χ0) is 15.5. The minimum atomic E-state index is -3.87. The van der Waals surface area contributed by atoms with E-state index in [2.05, 4.69) is 5.32 Å². The van der Waals surface area contributed by atoms with Crippen molar-refractivity contribution in [1.29, 1.82) is 0 Å². The van der Waals surface area contributed by atoms with Gasteiger partial charge >= 0.3 is 0 Å². The molecule has 0 aliphatic rings. The number of anilines is 1. The van der Waals surface area contributed by atoms with Crippen molar-refractivity contribution in [2.75, 3.05) is 18.4 Å². The number of carbonyl (C=O) groups is 1. The van der Waals surface area contributed by atoms with Crippen molar-refractivity contribution in [3.05, 3.63) is 12.1 Å². The summed E-state index contributed by atoms with van der Waals surface area (Å²) in [6.07, 6.45) is 0. The summed E-state index contributed by atoms with van der Waals surface area (Å²) < 4.78 is 26.1. The first-order chi connectivity index (χ1) is 9.23. The summed E-state index contributed by atoms with van der Waals surface area (Å²) in [7, 11) is -3.87. The highest BCUT2D eigenvalue weighted by atomic mass is 32.2. The van der Waals surface area contributed by atoms with E-state index in [1.54, 1.807) is 13.8 Å². The quantitative estimate of drug-likeness (QED) is 0.557. The second kappa shape index (κ2) is 6.10. The maximum absolute atomic E-state index is 12.4. The van der Waals surface area contributed by atoms with E-state index in [0.29, 0.717) is 0 Å². The van der Waals surface area contributed by atoms with Crippen molar-refractivity contribution in [2.45, 2.75) is 25.7 Å². The van der Waals surface area contributed by atoms with Crippen molar-refractivity contribution >= 4 is 21.6 Å². The van der Waals surface area contributed by atoms with E-state index in [4.69, 9.17) is 0 Å². The van der Waals surface area contributed by atoms with Gasteiger partial charge in [-0.25, -0.2) is 8.42 Å². The van der Waals surface area contributed by atoms with Crippen LogP contribution in [-0.2, 0) is 14.8 Å². The standard InChI is InChI=1S/C12H18N2O5S/c1-4-14(5-2)20(18,19)12-7-11(17)10(16)6-9(12)13-8(3)15/h6-7,16-17H,4-5H2,1-3H3,(H,13,15).